The van der Waals surface area contributed by atoms with Crippen LogP contribution in [-0.2, 0) is 14.3 Å². The molecule has 2 saturated heterocycles. The van der Waals surface area contributed by atoms with Crippen molar-refractivity contribution in [2.45, 2.75) is 69.4 Å². The van der Waals surface area contributed by atoms with Gasteiger partial charge in [0.1, 0.15) is 0 Å². The molecular weight excluding hydrogens is 216 g/mol. The van der Waals surface area contributed by atoms with E-state index in [2.05, 4.69) is 6.29 Å². The molecule has 3 nitrogen and oxygen atoms in total. The second-order valence-electron chi connectivity index (χ2n) is 6.43. The Morgan fingerprint density at radius 2 is 1.88 bits per heavy atom. The molecule has 0 spiro atoms. The fourth-order valence-corrected chi connectivity index (χ4v) is 4.06. The van der Waals surface area contributed by atoms with Crippen molar-refractivity contribution in [3.05, 3.63) is 0 Å². The van der Waals surface area contributed by atoms with E-state index in [9.17, 15) is 4.79 Å². The van der Waals surface area contributed by atoms with Gasteiger partial charge in [0.15, 0.2) is 0 Å². The lowest BCUT2D eigenvalue weighted by Gasteiger charge is -2.33. The monoisotopic (exact) mass is 235 g/mol. The van der Waals surface area contributed by atoms with Gasteiger partial charge in [-0.25, -0.2) is 0 Å². The summed E-state index contributed by atoms with van der Waals surface area (Å²) in [7, 11) is 0. The number of epoxide rings is 2. The van der Waals surface area contributed by atoms with Crippen molar-refractivity contribution in [1.29, 1.82) is 0 Å². The van der Waals surface area contributed by atoms with E-state index in [4.69, 9.17) is 9.47 Å². The molecule has 0 amide bonds. The Hall–Kier alpha value is -0.410. The van der Waals surface area contributed by atoms with Crippen LogP contribution in [-0.4, -0.2) is 30.7 Å². The number of fused-ring (bicyclic) bond motifs is 2. The summed E-state index contributed by atoms with van der Waals surface area (Å²) < 4.78 is 11.1. The molecule has 2 saturated carbocycles. The lowest BCUT2D eigenvalue weighted by atomic mass is 9.68. The van der Waals surface area contributed by atoms with Crippen LogP contribution >= 0.6 is 0 Å². The van der Waals surface area contributed by atoms with Crippen LogP contribution in [0.15, 0.2) is 0 Å². The smallest absolute Gasteiger partial charge is 0.205 e. The minimum atomic E-state index is -0.190. The van der Waals surface area contributed by atoms with Crippen molar-refractivity contribution in [2.75, 3.05) is 0 Å². The molecule has 4 aliphatic rings. The van der Waals surface area contributed by atoms with Gasteiger partial charge in [0.05, 0.1) is 24.4 Å². The van der Waals surface area contributed by atoms with Crippen molar-refractivity contribution in [3.63, 3.8) is 0 Å². The first kappa shape index (κ1) is 10.5. The van der Waals surface area contributed by atoms with Gasteiger partial charge in [-0.05, 0) is 50.9 Å². The SMILES string of the molecule is O=[C]C1(CC2CCC3OC3C2)CCC2OC2C1. The van der Waals surface area contributed by atoms with Gasteiger partial charge >= 0.3 is 0 Å². The number of rotatable bonds is 3. The Kier molecular flexibility index (Phi) is 2.19. The first-order chi connectivity index (χ1) is 8.28. The van der Waals surface area contributed by atoms with Crippen LogP contribution in [0.3, 0.4) is 0 Å². The molecule has 6 unspecified atom stereocenters. The molecule has 0 aromatic heterocycles. The molecule has 1 radical (unpaired) electrons. The Morgan fingerprint density at radius 3 is 2.65 bits per heavy atom. The zero-order valence-electron chi connectivity index (χ0n) is 10.1. The average molecular weight is 235 g/mol. The lowest BCUT2D eigenvalue weighted by Crippen LogP contribution is -2.33. The van der Waals surface area contributed by atoms with Crippen LogP contribution in [0, 0.1) is 11.3 Å². The van der Waals surface area contributed by atoms with Crippen molar-refractivity contribution < 1.29 is 14.3 Å². The number of carbonyl (C=O) groups excluding carboxylic acids is 1. The highest BCUT2D eigenvalue weighted by molar-refractivity contribution is 5.61. The second kappa shape index (κ2) is 3.55. The van der Waals surface area contributed by atoms with Gasteiger partial charge in [-0.3, -0.25) is 4.79 Å². The van der Waals surface area contributed by atoms with Gasteiger partial charge in [-0.15, -0.1) is 0 Å². The highest BCUT2D eigenvalue weighted by atomic mass is 16.6. The predicted molar refractivity (Wildman–Crippen MR) is 61.3 cm³/mol. The summed E-state index contributed by atoms with van der Waals surface area (Å²) in [5, 5.41) is 0. The predicted octanol–water partition coefficient (Wildman–Crippen LogP) is 1.99. The molecule has 2 heterocycles. The minimum absolute atomic E-state index is 0.190. The van der Waals surface area contributed by atoms with Gasteiger partial charge < -0.3 is 9.47 Å². The van der Waals surface area contributed by atoms with Crippen molar-refractivity contribution in [3.8, 4) is 0 Å². The van der Waals surface area contributed by atoms with Crippen LogP contribution in [0.2, 0.25) is 0 Å². The highest BCUT2D eigenvalue weighted by Crippen LogP contribution is 2.51. The molecule has 0 bridgehead atoms. The van der Waals surface area contributed by atoms with E-state index in [1.54, 1.807) is 0 Å². The molecule has 4 rings (SSSR count). The van der Waals surface area contributed by atoms with Gasteiger partial charge in [-0.2, -0.15) is 0 Å². The largest absolute Gasteiger partial charge is 0.370 e. The summed E-state index contributed by atoms with van der Waals surface area (Å²) >= 11 is 0. The number of hydrogen-bond donors (Lipinski definition) is 0. The van der Waals surface area contributed by atoms with E-state index in [-0.39, 0.29) is 5.41 Å². The Balaban J connectivity index is 1.42. The number of ether oxygens (including phenoxy) is 2. The molecule has 2 aliphatic heterocycles. The lowest BCUT2D eigenvalue weighted by molar-refractivity contribution is 0.206. The highest BCUT2D eigenvalue weighted by Gasteiger charge is 2.53. The summed E-state index contributed by atoms with van der Waals surface area (Å²) in [5.41, 5.74) is -0.190. The summed E-state index contributed by atoms with van der Waals surface area (Å²) in [6.45, 7) is 0. The third-order valence-corrected chi connectivity index (χ3v) is 5.20. The maximum absolute atomic E-state index is 11.4. The van der Waals surface area contributed by atoms with Crippen LogP contribution in [0.5, 0.6) is 0 Å². The average Bonchev–Trinajstić information content (AvgIpc) is 3.22. The van der Waals surface area contributed by atoms with Crippen LogP contribution in [0.1, 0.15) is 44.9 Å². The van der Waals surface area contributed by atoms with E-state index >= 15 is 0 Å². The normalized spacial score (nSPS) is 55.6. The Labute approximate surface area is 102 Å². The van der Waals surface area contributed by atoms with Crippen LogP contribution in [0.4, 0.5) is 0 Å². The summed E-state index contributed by atoms with van der Waals surface area (Å²) in [6.07, 6.45) is 11.9. The first-order valence-electron chi connectivity index (χ1n) is 6.98. The van der Waals surface area contributed by atoms with Gasteiger partial charge in [-0.1, -0.05) is 0 Å². The molecule has 2 aliphatic carbocycles. The zero-order chi connectivity index (χ0) is 11.5. The van der Waals surface area contributed by atoms with E-state index < -0.39 is 0 Å². The zero-order valence-corrected chi connectivity index (χ0v) is 10.1. The third kappa shape index (κ3) is 1.84. The molecule has 4 fully saturated rings. The van der Waals surface area contributed by atoms with Crippen molar-refractivity contribution in [2.24, 2.45) is 11.3 Å². The molecule has 6 atom stereocenters. The van der Waals surface area contributed by atoms with E-state index in [0.29, 0.717) is 30.3 Å². The standard InChI is InChI=1S/C14H19O3/c15-8-14(4-3-11-13(7-14)17-11)6-9-1-2-10-12(5-9)16-10/h9-13H,1-7H2. The van der Waals surface area contributed by atoms with E-state index in [1.165, 1.54) is 19.3 Å². The van der Waals surface area contributed by atoms with E-state index in [1.807, 2.05) is 0 Å². The third-order valence-electron chi connectivity index (χ3n) is 5.20. The molecule has 3 heteroatoms. The molecule has 0 aromatic rings. The van der Waals surface area contributed by atoms with E-state index in [0.717, 1.165) is 25.7 Å². The summed E-state index contributed by atoms with van der Waals surface area (Å²) in [5.74, 6) is 0.676. The van der Waals surface area contributed by atoms with Crippen LogP contribution in [0.25, 0.3) is 0 Å². The Morgan fingerprint density at radius 1 is 1.06 bits per heavy atom. The Bertz CT molecular complexity index is 342. The van der Waals surface area contributed by atoms with Gasteiger partial charge in [0.25, 0.3) is 0 Å². The quantitative estimate of drug-likeness (QED) is 0.702. The molecule has 0 aromatic carbocycles. The fourth-order valence-electron chi connectivity index (χ4n) is 4.06. The van der Waals surface area contributed by atoms with Gasteiger partial charge in [0, 0.05) is 5.41 Å². The summed E-state index contributed by atoms with van der Waals surface area (Å²) in [6, 6.07) is 0. The van der Waals surface area contributed by atoms with Crippen molar-refractivity contribution in [1.82, 2.24) is 0 Å². The first-order valence-corrected chi connectivity index (χ1v) is 6.98. The van der Waals surface area contributed by atoms with Crippen LogP contribution < -0.4 is 0 Å². The number of hydrogen-bond acceptors (Lipinski definition) is 3. The maximum Gasteiger partial charge on any atom is 0.205 e. The second-order valence-corrected chi connectivity index (χ2v) is 6.43. The molecule has 0 N–H and O–H groups in total. The molecule has 17 heavy (non-hydrogen) atoms. The molecule has 93 valence electrons. The summed E-state index contributed by atoms with van der Waals surface area (Å²) in [4.78, 5) is 11.4. The maximum atomic E-state index is 11.4. The topological polar surface area (TPSA) is 42.1 Å². The van der Waals surface area contributed by atoms with Crippen molar-refractivity contribution >= 4 is 6.29 Å². The molecular formula is C14H19O3. The minimum Gasteiger partial charge on any atom is -0.370 e. The fraction of sp³-hybridized carbons (Fsp3) is 0.929. The van der Waals surface area contributed by atoms with Gasteiger partial charge in [0.2, 0.25) is 6.29 Å².